The van der Waals surface area contributed by atoms with Crippen LogP contribution in [0.1, 0.15) is 83.3 Å². The molecule has 2 aromatic carbocycles. The SMILES string of the molecule is CC(C)(C)[C@H]1CC[C@H](Oc2ccc3cc([C@@](C)(N)CO)ccc3c2C2CC2)CC1. The molecule has 0 amide bonds. The second-order valence-corrected chi connectivity index (χ2v) is 10.7. The summed E-state index contributed by atoms with van der Waals surface area (Å²) in [6.45, 7) is 8.91. The number of hydrogen-bond acceptors (Lipinski definition) is 3. The summed E-state index contributed by atoms with van der Waals surface area (Å²) in [5.74, 6) is 2.51. The molecular weight excluding hydrogens is 358 g/mol. The molecular formula is C26H37NO2. The normalized spacial score (nSPS) is 25.0. The Morgan fingerprint density at radius 2 is 1.66 bits per heavy atom. The Morgan fingerprint density at radius 1 is 0.966 bits per heavy atom. The molecule has 0 saturated heterocycles. The standard InChI is InChI=1S/C26H37NO2/c1-25(2,3)19-8-11-21(12-9-19)29-23-14-7-18-15-20(26(4,27)16-28)10-13-22(18)24(23)17-5-6-17/h7,10,13-15,17,19,21,28H,5-6,8-9,11-12,16,27H2,1-4H3/t19-,21-,26-/m0/s1. The second kappa shape index (κ2) is 7.59. The number of aliphatic hydroxyl groups excluding tert-OH is 1. The molecule has 3 nitrogen and oxygen atoms in total. The smallest absolute Gasteiger partial charge is 0.123 e. The Morgan fingerprint density at radius 3 is 2.24 bits per heavy atom. The molecule has 3 N–H and O–H groups in total. The van der Waals surface area contributed by atoms with Gasteiger partial charge in [0.25, 0.3) is 0 Å². The fraction of sp³-hybridized carbons (Fsp3) is 0.615. The van der Waals surface area contributed by atoms with E-state index in [1.807, 2.05) is 6.92 Å². The highest BCUT2D eigenvalue weighted by Gasteiger charge is 2.33. The molecule has 1 atom stereocenters. The predicted molar refractivity (Wildman–Crippen MR) is 120 cm³/mol. The van der Waals surface area contributed by atoms with Gasteiger partial charge in [-0.2, -0.15) is 0 Å². The third-order valence-electron chi connectivity index (χ3n) is 7.19. The maximum absolute atomic E-state index is 9.62. The molecule has 0 aromatic heterocycles. The summed E-state index contributed by atoms with van der Waals surface area (Å²) < 4.78 is 6.61. The van der Waals surface area contributed by atoms with Gasteiger partial charge < -0.3 is 15.6 Å². The van der Waals surface area contributed by atoms with Crippen molar-refractivity contribution >= 4 is 10.8 Å². The zero-order valence-electron chi connectivity index (χ0n) is 18.5. The average molecular weight is 396 g/mol. The minimum Gasteiger partial charge on any atom is -0.490 e. The van der Waals surface area contributed by atoms with Gasteiger partial charge in [-0.15, -0.1) is 0 Å². The third kappa shape index (κ3) is 4.32. The molecule has 0 unspecified atom stereocenters. The number of hydrogen-bond donors (Lipinski definition) is 2. The highest BCUT2D eigenvalue weighted by atomic mass is 16.5. The minimum absolute atomic E-state index is 0.0631. The fourth-order valence-corrected chi connectivity index (χ4v) is 4.90. The quantitative estimate of drug-likeness (QED) is 0.666. The second-order valence-electron chi connectivity index (χ2n) is 10.7. The summed E-state index contributed by atoms with van der Waals surface area (Å²) in [5.41, 5.74) is 8.30. The van der Waals surface area contributed by atoms with Crippen molar-refractivity contribution in [3.63, 3.8) is 0 Å². The van der Waals surface area contributed by atoms with E-state index in [1.165, 1.54) is 42.0 Å². The molecule has 0 bridgehead atoms. The number of nitrogens with two attached hydrogens (primary N) is 1. The molecule has 2 aliphatic rings. The van der Waals surface area contributed by atoms with Crippen LogP contribution in [0.15, 0.2) is 30.3 Å². The largest absolute Gasteiger partial charge is 0.490 e. The minimum atomic E-state index is -0.713. The van der Waals surface area contributed by atoms with Gasteiger partial charge in [0.2, 0.25) is 0 Å². The summed E-state index contributed by atoms with van der Waals surface area (Å²) in [6, 6.07) is 10.7. The lowest BCUT2D eigenvalue weighted by Crippen LogP contribution is -2.36. The van der Waals surface area contributed by atoms with Gasteiger partial charge in [-0.05, 0) is 91.2 Å². The van der Waals surface area contributed by atoms with E-state index in [-0.39, 0.29) is 6.61 Å². The van der Waals surface area contributed by atoms with Gasteiger partial charge in [-0.25, -0.2) is 0 Å². The van der Waals surface area contributed by atoms with Crippen LogP contribution >= 0.6 is 0 Å². The van der Waals surface area contributed by atoms with E-state index in [0.717, 1.165) is 30.1 Å². The van der Waals surface area contributed by atoms with Crippen molar-refractivity contribution in [1.29, 1.82) is 0 Å². The van der Waals surface area contributed by atoms with Crippen LogP contribution in [-0.2, 0) is 5.54 Å². The molecule has 0 heterocycles. The van der Waals surface area contributed by atoms with Gasteiger partial charge in [0, 0.05) is 5.56 Å². The molecule has 4 rings (SSSR count). The van der Waals surface area contributed by atoms with Crippen molar-refractivity contribution in [3.05, 3.63) is 41.5 Å². The zero-order valence-corrected chi connectivity index (χ0v) is 18.5. The van der Waals surface area contributed by atoms with Gasteiger partial charge in [0.15, 0.2) is 0 Å². The number of fused-ring (bicyclic) bond motifs is 1. The van der Waals surface area contributed by atoms with Gasteiger partial charge in [-0.3, -0.25) is 0 Å². The molecule has 2 aromatic rings. The molecule has 2 saturated carbocycles. The monoisotopic (exact) mass is 395 g/mol. The molecule has 158 valence electrons. The molecule has 3 heteroatoms. The molecule has 29 heavy (non-hydrogen) atoms. The van der Waals surface area contributed by atoms with Gasteiger partial charge >= 0.3 is 0 Å². The Bertz CT molecular complexity index is 868. The van der Waals surface area contributed by atoms with Gasteiger partial charge in [0.1, 0.15) is 5.75 Å². The van der Waals surface area contributed by atoms with E-state index < -0.39 is 5.54 Å². The first-order valence-corrected chi connectivity index (χ1v) is 11.3. The summed E-state index contributed by atoms with van der Waals surface area (Å²) in [4.78, 5) is 0. The van der Waals surface area contributed by atoms with Crippen molar-refractivity contribution in [2.24, 2.45) is 17.1 Å². The van der Waals surface area contributed by atoms with Crippen molar-refractivity contribution in [3.8, 4) is 5.75 Å². The topological polar surface area (TPSA) is 55.5 Å². The number of rotatable bonds is 5. The van der Waals surface area contributed by atoms with E-state index in [4.69, 9.17) is 10.5 Å². The van der Waals surface area contributed by atoms with E-state index in [2.05, 4.69) is 51.1 Å². The summed E-state index contributed by atoms with van der Waals surface area (Å²) in [6.07, 6.45) is 7.68. The van der Waals surface area contributed by atoms with Crippen LogP contribution in [0.4, 0.5) is 0 Å². The number of aliphatic hydroxyl groups is 1. The highest BCUT2D eigenvalue weighted by Crippen LogP contribution is 2.49. The van der Waals surface area contributed by atoms with Crippen LogP contribution in [0.2, 0.25) is 0 Å². The van der Waals surface area contributed by atoms with Crippen molar-refractivity contribution in [1.82, 2.24) is 0 Å². The van der Waals surface area contributed by atoms with E-state index in [0.29, 0.717) is 17.4 Å². The third-order valence-corrected chi connectivity index (χ3v) is 7.19. The molecule has 0 aliphatic heterocycles. The molecule has 0 spiro atoms. The number of ether oxygens (including phenoxy) is 1. The highest BCUT2D eigenvalue weighted by molar-refractivity contribution is 5.89. The fourth-order valence-electron chi connectivity index (χ4n) is 4.90. The lowest BCUT2D eigenvalue weighted by molar-refractivity contribution is 0.0877. The first-order valence-electron chi connectivity index (χ1n) is 11.3. The molecule has 2 aliphatic carbocycles. The first-order chi connectivity index (χ1) is 13.7. The van der Waals surface area contributed by atoms with Crippen LogP contribution in [0.3, 0.4) is 0 Å². The summed E-state index contributed by atoms with van der Waals surface area (Å²) >= 11 is 0. The lowest BCUT2D eigenvalue weighted by Gasteiger charge is -2.37. The Labute approximate surface area is 175 Å². The van der Waals surface area contributed by atoms with Crippen molar-refractivity contribution < 1.29 is 9.84 Å². The molecule has 2 fully saturated rings. The Hall–Kier alpha value is -1.58. The van der Waals surface area contributed by atoms with Crippen molar-refractivity contribution in [2.45, 2.75) is 83.8 Å². The molecule has 0 radical (unpaired) electrons. The van der Waals surface area contributed by atoms with Gasteiger partial charge in [0.05, 0.1) is 18.2 Å². The Kier molecular flexibility index (Phi) is 5.41. The Balaban J connectivity index is 1.59. The van der Waals surface area contributed by atoms with Gasteiger partial charge in [-0.1, -0.05) is 39.0 Å². The maximum atomic E-state index is 9.62. The van der Waals surface area contributed by atoms with Crippen LogP contribution in [0.25, 0.3) is 10.8 Å². The lowest BCUT2D eigenvalue weighted by atomic mass is 9.72. The van der Waals surface area contributed by atoms with Crippen molar-refractivity contribution in [2.75, 3.05) is 6.61 Å². The van der Waals surface area contributed by atoms with E-state index in [1.54, 1.807) is 0 Å². The van der Waals surface area contributed by atoms with E-state index >= 15 is 0 Å². The zero-order chi connectivity index (χ0) is 20.8. The van der Waals surface area contributed by atoms with Crippen LogP contribution in [0.5, 0.6) is 5.75 Å². The van der Waals surface area contributed by atoms with Crippen LogP contribution in [-0.4, -0.2) is 17.8 Å². The summed E-state index contributed by atoms with van der Waals surface area (Å²) in [5, 5.41) is 12.1. The van der Waals surface area contributed by atoms with Crippen LogP contribution < -0.4 is 10.5 Å². The summed E-state index contributed by atoms with van der Waals surface area (Å²) in [7, 11) is 0. The van der Waals surface area contributed by atoms with E-state index in [9.17, 15) is 5.11 Å². The van der Waals surface area contributed by atoms with Crippen LogP contribution in [0, 0.1) is 11.3 Å². The predicted octanol–water partition coefficient (Wildman–Crippen LogP) is 5.87. The first kappa shape index (κ1) is 20.7. The maximum Gasteiger partial charge on any atom is 0.123 e. The number of benzene rings is 2. The average Bonchev–Trinajstić information content (AvgIpc) is 3.52.